The molecule has 5 nitrogen and oxygen atoms in total. The molecule has 42 heavy (non-hydrogen) atoms. The van der Waals surface area contributed by atoms with Gasteiger partial charge in [0.15, 0.2) is 0 Å². The number of hydrogen-bond donors (Lipinski definition) is 0. The number of aromatic nitrogens is 1. The molecule has 0 bridgehead atoms. The molecule has 0 radical (unpaired) electrons. The van der Waals surface area contributed by atoms with E-state index in [2.05, 4.69) is 64.7 Å². The maximum absolute atomic E-state index is 12.3. The van der Waals surface area contributed by atoms with E-state index in [9.17, 15) is 10.2 Å². The number of aliphatic imine (C=N–C) groups is 1. The number of pyridine rings is 1. The van der Waals surface area contributed by atoms with E-state index in [1.807, 2.05) is 72.2 Å². The molecule has 0 aliphatic rings. The van der Waals surface area contributed by atoms with Crippen molar-refractivity contribution in [2.75, 3.05) is 7.11 Å². The molecule has 0 spiro atoms. The van der Waals surface area contributed by atoms with Crippen LogP contribution >= 0.6 is 0 Å². The molecule has 0 unspecified atom stereocenters. The first-order chi connectivity index (χ1) is 18.7. The molecule has 3 rings (SSSR count). The Kier molecular flexibility index (Phi) is 12.5. The minimum atomic E-state index is -0.438. The molecule has 232 valence electrons. The molecule has 0 aliphatic heterocycles. The van der Waals surface area contributed by atoms with Crippen LogP contribution in [0.2, 0.25) is 0 Å². The average molecular weight is 618 g/mol. The zero-order valence-electron chi connectivity index (χ0n) is 27.8. The molecule has 0 amide bonds. The van der Waals surface area contributed by atoms with Crippen LogP contribution in [0, 0.1) is 0 Å². The SMILES string of the molecule is CC(C)(C)c1ccc(C(C)(C)C)c(N=CCc2ccccn2)c1.COc1cc(C(C)(C)C)c([O-])c([O-])c1C(C)(C)C.[Ni+2]. The molecule has 1 aromatic heterocycles. The maximum atomic E-state index is 12.3. The van der Waals surface area contributed by atoms with Crippen LogP contribution in [0.4, 0.5) is 5.69 Å². The quantitative estimate of drug-likeness (QED) is 0.219. The van der Waals surface area contributed by atoms with Crippen LogP contribution < -0.4 is 14.9 Å². The molecule has 0 fully saturated rings. The number of rotatable bonds is 4. The first-order valence-electron chi connectivity index (χ1n) is 14.4. The molecule has 0 saturated carbocycles. The van der Waals surface area contributed by atoms with Crippen molar-refractivity contribution in [2.45, 2.75) is 111 Å². The van der Waals surface area contributed by atoms with Crippen molar-refractivity contribution in [1.82, 2.24) is 4.98 Å². The first-order valence-corrected chi connectivity index (χ1v) is 14.4. The Morgan fingerprint density at radius 3 is 1.79 bits per heavy atom. The number of hydrogen-bond acceptors (Lipinski definition) is 5. The van der Waals surface area contributed by atoms with E-state index in [0.717, 1.165) is 17.8 Å². The Morgan fingerprint density at radius 2 is 1.33 bits per heavy atom. The Bertz CT molecular complexity index is 1340. The van der Waals surface area contributed by atoms with Gasteiger partial charge in [-0.05, 0) is 68.2 Å². The third kappa shape index (κ3) is 9.87. The molecule has 6 heteroatoms. The number of nitrogens with zero attached hydrogens (tertiary/aromatic N) is 2. The normalized spacial score (nSPS) is 12.4. The number of benzene rings is 2. The van der Waals surface area contributed by atoms with Crippen LogP contribution in [0.3, 0.4) is 0 Å². The van der Waals surface area contributed by atoms with Gasteiger partial charge in [-0.1, -0.05) is 101 Å². The van der Waals surface area contributed by atoms with Gasteiger partial charge in [0.2, 0.25) is 0 Å². The second-order valence-electron chi connectivity index (χ2n) is 14.7. The van der Waals surface area contributed by atoms with Crippen molar-refractivity contribution >= 4 is 11.9 Å². The Balaban J connectivity index is 0.000000423. The fourth-order valence-corrected chi connectivity index (χ4v) is 4.54. The molecule has 1 heterocycles. The second kappa shape index (κ2) is 14.1. The summed E-state index contributed by atoms with van der Waals surface area (Å²) in [6.07, 6.45) is 4.55. The summed E-state index contributed by atoms with van der Waals surface area (Å²) in [7, 11) is 1.53. The smallest absolute Gasteiger partial charge is 0.873 e. The fraction of sp³-hybridized carbons (Fsp3) is 0.500. The van der Waals surface area contributed by atoms with E-state index < -0.39 is 16.9 Å². The summed E-state index contributed by atoms with van der Waals surface area (Å²) < 4.78 is 5.30. The van der Waals surface area contributed by atoms with E-state index in [0.29, 0.717) is 16.9 Å². The van der Waals surface area contributed by atoms with Crippen molar-refractivity contribution in [3.05, 3.63) is 76.6 Å². The van der Waals surface area contributed by atoms with Crippen LogP contribution in [0.5, 0.6) is 17.2 Å². The monoisotopic (exact) mass is 616 g/mol. The van der Waals surface area contributed by atoms with Crippen molar-refractivity contribution in [2.24, 2.45) is 4.99 Å². The van der Waals surface area contributed by atoms with Crippen LogP contribution in [0.15, 0.2) is 53.7 Å². The third-order valence-electron chi connectivity index (χ3n) is 6.91. The average Bonchev–Trinajstić information content (AvgIpc) is 2.83. The number of ether oxygens (including phenoxy) is 1. The molecule has 0 atom stereocenters. The largest absolute Gasteiger partial charge is 2.00 e. The van der Waals surface area contributed by atoms with Gasteiger partial charge in [-0.2, -0.15) is 0 Å². The van der Waals surface area contributed by atoms with Gasteiger partial charge in [0, 0.05) is 24.5 Å². The zero-order valence-corrected chi connectivity index (χ0v) is 28.8. The summed E-state index contributed by atoms with van der Waals surface area (Å²) in [5, 5.41) is 24.5. The van der Waals surface area contributed by atoms with Crippen molar-refractivity contribution in [1.29, 1.82) is 0 Å². The van der Waals surface area contributed by atoms with Gasteiger partial charge in [0.1, 0.15) is 5.75 Å². The van der Waals surface area contributed by atoms with Crippen molar-refractivity contribution in [3.63, 3.8) is 0 Å². The minimum Gasteiger partial charge on any atom is -0.873 e. The van der Waals surface area contributed by atoms with Gasteiger partial charge in [-0.3, -0.25) is 9.98 Å². The summed E-state index contributed by atoms with van der Waals surface area (Å²) in [5.74, 6) is -0.336. The summed E-state index contributed by atoms with van der Waals surface area (Å²) in [5.41, 5.74) is 5.12. The van der Waals surface area contributed by atoms with E-state index in [4.69, 9.17) is 9.73 Å². The van der Waals surface area contributed by atoms with E-state index in [-0.39, 0.29) is 32.7 Å². The first kappa shape index (κ1) is 37.2. The van der Waals surface area contributed by atoms with Gasteiger partial charge < -0.3 is 14.9 Å². The van der Waals surface area contributed by atoms with Crippen LogP contribution in [-0.2, 0) is 44.6 Å². The fourth-order valence-electron chi connectivity index (χ4n) is 4.54. The van der Waals surface area contributed by atoms with Gasteiger partial charge in [-0.15, -0.1) is 11.5 Å². The van der Waals surface area contributed by atoms with Gasteiger partial charge in [0.05, 0.1) is 12.8 Å². The standard InChI is InChI=1S/C21H28N2.C15H24O3.Ni/c1-20(2,3)16-10-11-18(21(4,5)6)19(15-16)23-14-12-17-9-7-8-13-22-17;1-14(2,3)9-8-10(18-7)11(15(4,5)6)13(17)12(9)16;/h7-11,13-15H,12H2,1-6H3;8,16-17H,1-7H3;/q;;+2/p-2. The maximum Gasteiger partial charge on any atom is 2.00 e. The molecule has 0 N–H and O–H groups in total. The van der Waals surface area contributed by atoms with Crippen LogP contribution in [0.1, 0.15) is 111 Å². The second-order valence-corrected chi connectivity index (χ2v) is 14.7. The molecule has 0 aliphatic carbocycles. The van der Waals surface area contributed by atoms with Crippen LogP contribution in [-0.4, -0.2) is 18.3 Å². The van der Waals surface area contributed by atoms with E-state index in [1.165, 1.54) is 18.2 Å². The summed E-state index contributed by atoms with van der Waals surface area (Å²) in [6, 6.07) is 14.4. The zero-order chi connectivity index (χ0) is 31.4. The number of methoxy groups -OCH3 is 1. The van der Waals surface area contributed by atoms with Crippen molar-refractivity contribution in [3.8, 4) is 17.2 Å². The van der Waals surface area contributed by atoms with Crippen LogP contribution in [0.25, 0.3) is 0 Å². The molecule has 2 aromatic carbocycles. The van der Waals surface area contributed by atoms with Gasteiger partial charge in [-0.25, -0.2) is 0 Å². The Labute approximate surface area is 264 Å². The van der Waals surface area contributed by atoms with Gasteiger partial charge in [0.25, 0.3) is 0 Å². The predicted octanol–water partition coefficient (Wildman–Crippen LogP) is 8.06. The van der Waals surface area contributed by atoms with Crippen molar-refractivity contribution < 1.29 is 31.4 Å². The molecule has 0 saturated heterocycles. The third-order valence-corrected chi connectivity index (χ3v) is 6.91. The molecular formula is C36H50N2NiO3. The molecular weight excluding hydrogens is 567 g/mol. The van der Waals surface area contributed by atoms with E-state index >= 15 is 0 Å². The molecule has 3 aromatic rings. The topological polar surface area (TPSA) is 80.6 Å². The van der Waals surface area contributed by atoms with Gasteiger partial charge >= 0.3 is 16.5 Å². The summed E-state index contributed by atoms with van der Waals surface area (Å²) >= 11 is 0. The Hall–Kier alpha value is -2.85. The predicted molar refractivity (Wildman–Crippen MR) is 169 cm³/mol. The van der Waals surface area contributed by atoms with E-state index in [1.54, 1.807) is 6.07 Å². The Morgan fingerprint density at radius 1 is 0.738 bits per heavy atom. The summed E-state index contributed by atoms with van der Waals surface area (Å²) in [4.78, 5) is 9.12. The summed E-state index contributed by atoms with van der Waals surface area (Å²) in [6.45, 7) is 24.9. The minimum absolute atomic E-state index is 0.